The fraction of sp³-hybridized carbons (Fsp3) is 0.862. The Kier molecular flexibility index (Phi) is 7.19. The lowest BCUT2D eigenvalue weighted by molar-refractivity contribution is -0.206. The lowest BCUT2D eigenvalue weighted by Crippen LogP contribution is -2.58. The van der Waals surface area contributed by atoms with Gasteiger partial charge in [0.2, 0.25) is 0 Å². The molecule has 1 heterocycles. The van der Waals surface area contributed by atoms with Gasteiger partial charge in [-0.1, -0.05) is 0 Å². The predicted molar refractivity (Wildman–Crippen MR) is 140 cm³/mol. The van der Waals surface area contributed by atoms with E-state index in [0.717, 1.165) is 19.3 Å². The normalized spacial score (nSPS) is 39.9. The maximum absolute atomic E-state index is 13.8. The number of alkyl halides is 2. The van der Waals surface area contributed by atoms with E-state index in [4.69, 9.17) is 18.8 Å². The zero-order chi connectivity index (χ0) is 31.3. The molecule has 0 aromatic heterocycles. The van der Waals surface area contributed by atoms with Crippen molar-refractivity contribution in [3.05, 3.63) is 0 Å². The molecule has 7 unspecified atom stereocenters. The van der Waals surface area contributed by atoms with Crippen LogP contribution in [0.3, 0.4) is 0 Å². The second-order valence-electron chi connectivity index (χ2n) is 14.3. The maximum Gasteiger partial charge on any atom is 0.405 e. The molecular weight excluding hydrogens is 594 g/mol. The van der Waals surface area contributed by atoms with Crippen LogP contribution in [0.4, 0.5) is 8.78 Å². The first-order chi connectivity index (χ1) is 19.9. The molecule has 11 nitrogen and oxygen atoms in total. The Labute approximate surface area is 248 Å². The van der Waals surface area contributed by atoms with Crippen molar-refractivity contribution in [2.24, 2.45) is 46.8 Å². The van der Waals surface area contributed by atoms with E-state index < -0.39 is 93.8 Å². The molecule has 6 aliphatic carbocycles. The number of esters is 4. The number of hydrogen-bond donors (Lipinski definition) is 1. The number of rotatable bonds is 10. The first-order valence-corrected chi connectivity index (χ1v) is 16.5. The lowest BCUT2D eigenvalue weighted by atomic mass is 9.46. The minimum atomic E-state index is -5.83. The molecule has 43 heavy (non-hydrogen) atoms. The number of hydrogen-bond acceptors (Lipinski definition) is 10. The van der Waals surface area contributed by atoms with Crippen LogP contribution in [0, 0.1) is 46.8 Å². The van der Waals surface area contributed by atoms with Gasteiger partial charge in [0, 0.05) is 17.3 Å². The van der Waals surface area contributed by atoms with Crippen molar-refractivity contribution in [2.75, 3.05) is 0 Å². The number of ether oxygens (including phenoxy) is 4. The first kappa shape index (κ1) is 30.7. The second kappa shape index (κ2) is 10.1. The molecule has 1 N–H and O–H groups in total. The molecule has 7 fully saturated rings. The molecule has 6 bridgehead atoms. The molecule has 0 amide bonds. The van der Waals surface area contributed by atoms with Gasteiger partial charge in [-0.15, -0.1) is 0 Å². The summed E-state index contributed by atoms with van der Waals surface area (Å²) in [6, 6.07) is 0. The minimum Gasteiger partial charge on any atom is -0.459 e. The van der Waals surface area contributed by atoms with E-state index in [9.17, 15) is 36.4 Å². The van der Waals surface area contributed by atoms with Gasteiger partial charge in [-0.2, -0.15) is 17.2 Å². The summed E-state index contributed by atoms with van der Waals surface area (Å²) in [7, 11) is -5.83. The highest BCUT2D eigenvalue weighted by molar-refractivity contribution is 7.86. The average molecular weight is 633 g/mol. The number of carbonyl (C=O) groups is 4. The third kappa shape index (κ3) is 4.94. The van der Waals surface area contributed by atoms with Gasteiger partial charge in [0.05, 0.1) is 24.7 Å². The van der Waals surface area contributed by atoms with Crippen LogP contribution in [0.25, 0.3) is 0 Å². The molecule has 240 valence electrons. The molecule has 6 saturated carbocycles. The van der Waals surface area contributed by atoms with Crippen LogP contribution in [-0.2, 0) is 48.2 Å². The monoisotopic (exact) mass is 632 g/mol. The molecule has 0 spiro atoms. The van der Waals surface area contributed by atoms with Gasteiger partial charge >= 0.3 is 39.2 Å². The van der Waals surface area contributed by atoms with Crippen LogP contribution in [0.5, 0.6) is 0 Å². The van der Waals surface area contributed by atoms with E-state index in [1.165, 1.54) is 19.3 Å². The molecule has 1 saturated heterocycles. The van der Waals surface area contributed by atoms with E-state index in [2.05, 4.69) is 4.74 Å². The van der Waals surface area contributed by atoms with Crippen molar-refractivity contribution in [2.45, 2.75) is 108 Å². The third-order valence-corrected chi connectivity index (χ3v) is 12.4. The van der Waals surface area contributed by atoms with Crippen LogP contribution < -0.4 is 0 Å². The Bertz CT molecular complexity index is 1290. The topological polar surface area (TPSA) is 160 Å². The van der Waals surface area contributed by atoms with E-state index in [0.29, 0.717) is 31.1 Å². The average Bonchev–Trinajstić information content (AvgIpc) is 3.49. The number of fused-ring (bicyclic) bond motifs is 1. The van der Waals surface area contributed by atoms with Crippen molar-refractivity contribution < 1.29 is 59.9 Å². The SMILES string of the molecule is CC(OC(=O)CCC(=O)OC1C2CC3C1OC(=O)C3C2C(=O)OC(C)(C)C12CC3CC(CC(C3)C1)C2)C(F)(F)S(=O)(=O)O. The van der Waals surface area contributed by atoms with Crippen molar-refractivity contribution in [1.29, 1.82) is 0 Å². The van der Waals surface area contributed by atoms with Crippen molar-refractivity contribution >= 4 is 34.0 Å². The molecule has 0 aromatic carbocycles. The summed E-state index contributed by atoms with van der Waals surface area (Å²) in [4.78, 5) is 51.3. The Balaban J connectivity index is 1.08. The zero-order valence-electron chi connectivity index (χ0n) is 24.3. The molecule has 0 aromatic rings. The number of carbonyl (C=O) groups excluding carboxylic acids is 4. The minimum absolute atomic E-state index is 0.100. The highest BCUT2D eigenvalue weighted by atomic mass is 32.2. The smallest absolute Gasteiger partial charge is 0.405 e. The fourth-order valence-electron chi connectivity index (χ4n) is 9.69. The van der Waals surface area contributed by atoms with Crippen LogP contribution in [0.15, 0.2) is 0 Å². The summed E-state index contributed by atoms with van der Waals surface area (Å²) in [6.45, 7) is 4.54. The van der Waals surface area contributed by atoms with Gasteiger partial charge in [-0.25, -0.2) is 0 Å². The lowest BCUT2D eigenvalue weighted by Gasteiger charge is -2.61. The third-order valence-electron chi connectivity index (χ3n) is 11.4. The van der Waals surface area contributed by atoms with E-state index in [1.54, 1.807) is 0 Å². The van der Waals surface area contributed by atoms with Crippen LogP contribution in [0.2, 0.25) is 0 Å². The molecular formula is C29H38F2O11S. The molecule has 7 rings (SSSR count). The Morgan fingerprint density at radius 1 is 1.00 bits per heavy atom. The van der Waals surface area contributed by atoms with Gasteiger partial charge in [-0.05, 0) is 83.5 Å². The van der Waals surface area contributed by atoms with Gasteiger partial charge < -0.3 is 18.9 Å². The van der Waals surface area contributed by atoms with Crippen LogP contribution in [-0.4, -0.2) is 66.0 Å². The van der Waals surface area contributed by atoms with E-state index in [-0.39, 0.29) is 11.3 Å². The number of halogens is 2. The molecule has 0 radical (unpaired) electrons. The summed E-state index contributed by atoms with van der Waals surface area (Å²) >= 11 is 0. The Hall–Kier alpha value is -2.35. The van der Waals surface area contributed by atoms with Crippen LogP contribution >= 0.6 is 0 Å². The van der Waals surface area contributed by atoms with Gasteiger partial charge in [0.1, 0.15) is 17.8 Å². The zero-order valence-corrected chi connectivity index (χ0v) is 25.1. The summed E-state index contributed by atoms with van der Waals surface area (Å²) in [5.41, 5.74) is -0.837. The fourth-order valence-corrected chi connectivity index (χ4v) is 10.2. The molecule has 1 aliphatic heterocycles. The van der Waals surface area contributed by atoms with Gasteiger partial charge in [-0.3, -0.25) is 23.7 Å². The maximum atomic E-state index is 13.8. The quantitative estimate of drug-likeness (QED) is 0.214. The standard InChI is InChI=1S/C29H38F2O11S/c1-13(29(30,31)43(36,37)38)39-19(32)4-5-20(33)40-23-18-9-17-21(25(34)41-24(17)23)22(18)26(35)42-27(2,3)28-10-14-6-15(11-28)8-16(7-14)12-28/h13-18,21-24H,4-12H2,1-3H3,(H,36,37,38). The first-order valence-electron chi connectivity index (χ1n) is 15.1. The summed E-state index contributed by atoms with van der Waals surface area (Å²) in [5, 5.41) is -4.73. The molecule has 7 atom stereocenters. The summed E-state index contributed by atoms with van der Waals surface area (Å²) in [5.74, 6) is -3.61. The van der Waals surface area contributed by atoms with Crippen LogP contribution in [0.1, 0.15) is 78.6 Å². The summed E-state index contributed by atoms with van der Waals surface area (Å²) in [6.07, 6.45) is 1.78. The Morgan fingerprint density at radius 3 is 2.12 bits per heavy atom. The van der Waals surface area contributed by atoms with E-state index in [1.807, 2.05) is 13.8 Å². The Morgan fingerprint density at radius 2 is 1.56 bits per heavy atom. The highest BCUT2D eigenvalue weighted by Crippen LogP contribution is 2.65. The van der Waals surface area contributed by atoms with Gasteiger partial charge in [0.15, 0.2) is 6.10 Å². The molecule has 7 aliphatic rings. The molecule has 14 heteroatoms. The van der Waals surface area contributed by atoms with E-state index >= 15 is 0 Å². The predicted octanol–water partition coefficient (Wildman–Crippen LogP) is 3.44. The second-order valence-corrected chi connectivity index (χ2v) is 15.8. The highest BCUT2D eigenvalue weighted by Gasteiger charge is 2.71. The largest absolute Gasteiger partial charge is 0.459 e. The van der Waals surface area contributed by atoms with Crippen molar-refractivity contribution in [3.8, 4) is 0 Å². The van der Waals surface area contributed by atoms with Crippen molar-refractivity contribution in [1.82, 2.24) is 0 Å². The van der Waals surface area contributed by atoms with Gasteiger partial charge in [0.25, 0.3) is 0 Å². The van der Waals surface area contributed by atoms with Crippen molar-refractivity contribution in [3.63, 3.8) is 0 Å². The summed E-state index contributed by atoms with van der Waals surface area (Å²) < 4.78 is 79.5.